The number of para-hydroxylation sites is 6. The van der Waals surface area contributed by atoms with Gasteiger partial charge in [-0.3, -0.25) is 0 Å². The highest BCUT2D eigenvalue weighted by Crippen LogP contribution is 2.55. The van der Waals surface area contributed by atoms with Gasteiger partial charge in [0, 0.05) is 88.6 Å². The lowest BCUT2D eigenvalue weighted by molar-refractivity contribution is 0.636. The van der Waals surface area contributed by atoms with Gasteiger partial charge in [0.05, 0.1) is 5.69 Å². The van der Waals surface area contributed by atoms with E-state index < -0.39 is 0 Å². The van der Waals surface area contributed by atoms with Crippen LogP contribution in [0.3, 0.4) is 0 Å². The first-order chi connectivity index (χ1) is 40.0. The van der Waals surface area contributed by atoms with E-state index in [1.165, 1.54) is 144 Å². The van der Waals surface area contributed by atoms with Crippen molar-refractivity contribution in [1.82, 2.24) is 8.96 Å². The molecule has 0 bridgehead atoms. The molecule has 0 N–H and O–H groups in total. The fraction of sp³-hybridized carbons (Fsp3) is 0.0400. The molecule has 0 saturated carbocycles. The summed E-state index contributed by atoms with van der Waals surface area (Å²) in [6, 6.07) is 96.2. The maximum atomic E-state index is 2.70. The first-order valence-corrected chi connectivity index (χ1v) is 28.6. The lowest BCUT2D eigenvalue weighted by Crippen LogP contribution is -2.51. The third-order valence-electron chi connectivity index (χ3n) is 19.2. The minimum Gasteiger partial charge on any atom is -0.375 e. The topological polar surface area (TPSA) is 16.3 Å². The predicted molar refractivity (Wildman–Crippen MR) is 342 cm³/mol. The van der Waals surface area contributed by atoms with Crippen LogP contribution < -0.4 is 31.7 Å². The molecule has 4 nitrogen and oxygen atoms in total. The van der Waals surface area contributed by atoms with Crippen LogP contribution in [0.1, 0.15) is 25.0 Å². The van der Waals surface area contributed by atoms with Crippen molar-refractivity contribution < 1.29 is 0 Å². The van der Waals surface area contributed by atoms with Gasteiger partial charge in [-0.05, 0) is 150 Å². The van der Waals surface area contributed by atoms with Crippen molar-refractivity contribution in [1.29, 1.82) is 0 Å². The van der Waals surface area contributed by atoms with E-state index in [4.69, 9.17) is 0 Å². The molecule has 5 aliphatic heterocycles. The van der Waals surface area contributed by atoms with E-state index in [0.717, 1.165) is 22.7 Å². The molecule has 0 radical (unpaired) electrons. The van der Waals surface area contributed by atoms with Crippen LogP contribution in [0.5, 0.6) is 0 Å². The van der Waals surface area contributed by atoms with Crippen LogP contribution in [0.2, 0.25) is 0 Å². The summed E-state index contributed by atoms with van der Waals surface area (Å²) in [5.74, 6) is 0. The van der Waals surface area contributed by atoms with Crippen LogP contribution in [0.4, 0.5) is 34.1 Å². The number of anilines is 6. The molecule has 2 aromatic heterocycles. The zero-order valence-corrected chi connectivity index (χ0v) is 44.7. The maximum absolute atomic E-state index is 2.70. The van der Waals surface area contributed by atoms with Gasteiger partial charge in [0.25, 0.3) is 0 Å². The highest BCUT2D eigenvalue weighted by molar-refractivity contribution is 6.92. The Kier molecular flexibility index (Phi) is 8.47. The third-order valence-corrected chi connectivity index (χ3v) is 19.2. The highest BCUT2D eigenvalue weighted by atomic mass is 15.2. The quantitative estimate of drug-likeness (QED) is 0.160. The molecular weight excluding hydrogens is 978 g/mol. The molecule has 0 amide bonds. The largest absolute Gasteiger partial charge is 0.375 e. The molecule has 7 heterocycles. The fourth-order valence-corrected chi connectivity index (χ4v) is 16.2. The first kappa shape index (κ1) is 43.9. The van der Waals surface area contributed by atoms with Crippen molar-refractivity contribution in [2.24, 2.45) is 0 Å². The Morgan fingerprint density at radius 3 is 1.74 bits per heavy atom. The Morgan fingerprint density at radius 2 is 0.914 bits per heavy atom. The van der Waals surface area contributed by atoms with Crippen molar-refractivity contribution in [2.45, 2.75) is 19.3 Å². The highest BCUT2D eigenvalue weighted by Gasteiger charge is 2.49. The monoisotopic (exact) mass is 1030 g/mol. The minimum atomic E-state index is -0.317. The summed E-state index contributed by atoms with van der Waals surface area (Å²) >= 11 is 0. The second-order valence-corrected chi connectivity index (χ2v) is 23.4. The molecule has 14 aromatic rings. The van der Waals surface area contributed by atoms with Crippen LogP contribution in [0.15, 0.2) is 255 Å². The second kappa shape index (κ2) is 15.6. The van der Waals surface area contributed by atoms with Gasteiger partial charge in [-0.25, -0.2) is 0 Å². The van der Waals surface area contributed by atoms with E-state index in [-0.39, 0.29) is 19.1 Å². The zero-order valence-electron chi connectivity index (χ0n) is 44.7. The van der Waals surface area contributed by atoms with E-state index in [1.54, 1.807) is 0 Å². The van der Waals surface area contributed by atoms with Crippen LogP contribution in [0, 0.1) is 0 Å². The Balaban J connectivity index is 0.818. The number of nitrogens with zero attached hydrogens (tertiary/aromatic N) is 4. The summed E-state index contributed by atoms with van der Waals surface area (Å²) in [5.41, 5.74) is 33.2. The van der Waals surface area contributed by atoms with Crippen LogP contribution in [-0.2, 0) is 5.41 Å². The van der Waals surface area contributed by atoms with E-state index in [1.807, 2.05) is 0 Å². The number of rotatable bonds is 5. The smallest absolute Gasteiger partial charge is 0.330 e. The molecule has 0 aliphatic carbocycles. The summed E-state index contributed by atoms with van der Waals surface area (Å²) in [6.07, 6.45) is 0. The van der Waals surface area contributed by atoms with Gasteiger partial charge in [0.2, 0.25) is 0 Å². The van der Waals surface area contributed by atoms with E-state index in [0.29, 0.717) is 0 Å². The van der Waals surface area contributed by atoms with Gasteiger partial charge in [0.15, 0.2) is 0 Å². The van der Waals surface area contributed by atoms with Crippen molar-refractivity contribution in [3.05, 3.63) is 266 Å². The van der Waals surface area contributed by atoms with Crippen LogP contribution >= 0.6 is 0 Å². The molecule has 0 fully saturated rings. The maximum Gasteiger partial charge on any atom is 0.330 e. The molecule has 81 heavy (non-hydrogen) atoms. The molecule has 0 spiro atoms. The number of fused-ring (bicyclic) bond motifs is 19. The van der Waals surface area contributed by atoms with Gasteiger partial charge in [0.1, 0.15) is 0 Å². The number of benzene rings is 12. The molecular formula is C75H48B2N4. The Bertz CT molecular complexity index is 5090. The molecule has 6 heteroatoms. The normalized spacial score (nSPS) is 14.1. The molecule has 19 rings (SSSR count). The molecule has 0 unspecified atom stereocenters. The summed E-state index contributed by atoms with van der Waals surface area (Å²) < 4.78 is 5.39. The summed E-state index contributed by atoms with van der Waals surface area (Å²) in [4.78, 5) is 5.00. The standard InChI is InChI=1S/C75H48B2N4/c1-75(2)62-35-11-14-38-65(62)79(67-41-40-55-53-29-16-30-54-57-32-17-31-56-52-27-10-13-37-64(52)80(73(56)57)77(70(53)54)72(55)69(67)75)48-25-15-20-45(42-48)50-28-19-39-66-68(50)59-34-18-33-58-61-44-49(78(46-21-5-3-6-22-46)47-23-7-4-8-24-47)43-60-51-26-9-12-36-63(51)76(71(60)61)81(66)74(58)59/h3-44H,1-2H3. The Labute approximate surface area is 470 Å². The average Bonchev–Trinajstić information content (AvgIpc) is 1.93. The lowest BCUT2D eigenvalue weighted by atomic mass is 9.47. The third kappa shape index (κ3) is 5.52. The summed E-state index contributed by atoms with van der Waals surface area (Å²) in [6.45, 7) is 4.97. The average molecular weight is 1030 g/mol. The van der Waals surface area contributed by atoms with Gasteiger partial charge >= 0.3 is 13.7 Å². The minimum absolute atomic E-state index is 0.0190. The van der Waals surface area contributed by atoms with Crippen LogP contribution in [-0.4, -0.2) is 22.7 Å². The Morgan fingerprint density at radius 1 is 0.358 bits per heavy atom. The van der Waals surface area contributed by atoms with Gasteiger partial charge in [-0.1, -0.05) is 196 Å². The molecule has 374 valence electrons. The van der Waals surface area contributed by atoms with Crippen molar-refractivity contribution in [3.8, 4) is 55.6 Å². The van der Waals surface area contributed by atoms with Crippen molar-refractivity contribution in [2.75, 3.05) is 9.80 Å². The molecule has 0 saturated heterocycles. The lowest BCUT2D eigenvalue weighted by Gasteiger charge is -2.44. The van der Waals surface area contributed by atoms with Crippen LogP contribution in [0.25, 0.3) is 99.2 Å². The Hall–Kier alpha value is -10.0. The van der Waals surface area contributed by atoms with Gasteiger partial charge < -0.3 is 18.8 Å². The first-order valence-electron chi connectivity index (χ1n) is 28.6. The van der Waals surface area contributed by atoms with E-state index in [2.05, 4.69) is 287 Å². The molecule has 12 aromatic carbocycles. The predicted octanol–water partition coefficient (Wildman–Crippen LogP) is 16.4. The molecule has 0 atom stereocenters. The van der Waals surface area contributed by atoms with Crippen molar-refractivity contribution >= 4 is 113 Å². The fourth-order valence-electron chi connectivity index (χ4n) is 16.2. The number of aromatic nitrogens is 2. The van der Waals surface area contributed by atoms with E-state index >= 15 is 0 Å². The number of hydrogen-bond acceptors (Lipinski definition) is 2. The van der Waals surface area contributed by atoms with Gasteiger partial charge in [-0.15, -0.1) is 0 Å². The SMILES string of the molecule is CC1(C)c2ccccc2N(c2cccc(-c3cccc4c3c3cccc5c3n4B3c4ccccc4-c4cc(N(c6ccccc6)c6ccccc6)cc-5c43)c2)c2ccc3c(c21)B1c2c-3cccc2-c2cccc3c4ccccc4n1c23. The zero-order chi connectivity index (χ0) is 53.0. The van der Waals surface area contributed by atoms with Crippen molar-refractivity contribution in [3.63, 3.8) is 0 Å². The second-order valence-electron chi connectivity index (χ2n) is 23.4. The van der Waals surface area contributed by atoms with E-state index in [9.17, 15) is 0 Å². The van der Waals surface area contributed by atoms with Gasteiger partial charge in [-0.2, -0.15) is 0 Å². The summed E-state index contributed by atoms with van der Waals surface area (Å²) in [5, 5.41) is 5.20. The summed E-state index contributed by atoms with van der Waals surface area (Å²) in [7, 11) is 0. The number of hydrogen-bond donors (Lipinski definition) is 0. The molecule has 5 aliphatic rings.